The molecule has 84 valence electrons. The number of unbranched alkanes of at least 4 members (excludes halogenated alkanes) is 2. The number of hydrogen-bond acceptors (Lipinski definition) is 3. The van der Waals surface area contributed by atoms with E-state index in [1.54, 1.807) is 0 Å². The van der Waals surface area contributed by atoms with Crippen LogP contribution in [0.5, 0.6) is 0 Å². The normalized spacial score (nSPS) is 18.6. The topological polar surface area (TPSA) is 18.5 Å². The predicted molar refractivity (Wildman–Crippen MR) is 62.1 cm³/mol. The fourth-order valence-corrected chi connectivity index (χ4v) is 1.88. The molecule has 2 nitrogen and oxygen atoms in total. The Morgan fingerprint density at radius 2 is 1.93 bits per heavy atom. The van der Waals surface area contributed by atoms with Gasteiger partial charge < -0.3 is 9.47 Å². The van der Waals surface area contributed by atoms with Gasteiger partial charge in [-0.2, -0.15) is 12.6 Å². The van der Waals surface area contributed by atoms with Gasteiger partial charge in [0.25, 0.3) is 0 Å². The van der Waals surface area contributed by atoms with Gasteiger partial charge in [-0.25, -0.2) is 0 Å². The maximum Gasteiger partial charge on any atom is 0.0495 e. The number of hydrogen-bond donors (Lipinski definition) is 1. The minimum absolute atomic E-state index is 0.744. The molecule has 1 rings (SSSR count). The molecule has 14 heavy (non-hydrogen) atoms. The van der Waals surface area contributed by atoms with Crippen molar-refractivity contribution in [3.8, 4) is 0 Å². The molecule has 0 aromatic carbocycles. The first-order valence-corrected chi connectivity index (χ1v) is 6.33. The molecule has 1 fully saturated rings. The lowest BCUT2D eigenvalue weighted by Gasteiger charge is -2.21. The lowest BCUT2D eigenvalue weighted by molar-refractivity contribution is 0.0199. The van der Waals surface area contributed by atoms with Crippen molar-refractivity contribution in [2.45, 2.75) is 32.1 Å². The first kappa shape index (κ1) is 12.3. The fourth-order valence-electron chi connectivity index (χ4n) is 1.66. The Labute approximate surface area is 92.8 Å². The first-order valence-electron chi connectivity index (χ1n) is 5.70. The Kier molecular flexibility index (Phi) is 7.55. The second kappa shape index (κ2) is 8.57. The SMILES string of the molecule is SCCCCCOCC1CCOCC1. The molecule has 0 aliphatic carbocycles. The van der Waals surface area contributed by atoms with Gasteiger partial charge in [-0.3, -0.25) is 0 Å². The molecule has 0 atom stereocenters. The third kappa shape index (κ3) is 5.89. The third-order valence-corrected chi connectivity index (χ3v) is 2.96. The summed E-state index contributed by atoms with van der Waals surface area (Å²) < 4.78 is 10.9. The van der Waals surface area contributed by atoms with Gasteiger partial charge in [-0.15, -0.1) is 0 Å². The summed E-state index contributed by atoms with van der Waals surface area (Å²) in [5.41, 5.74) is 0. The third-order valence-electron chi connectivity index (χ3n) is 2.64. The summed E-state index contributed by atoms with van der Waals surface area (Å²) in [6.07, 6.45) is 6.00. The van der Waals surface area contributed by atoms with Crippen LogP contribution in [0.3, 0.4) is 0 Å². The van der Waals surface area contributed by atoms with E-state index in [9.17, 15) is 0 Å². The molecule has 0 saturated carbocycles. The van der Waals surface area contributed by atoms with Gasteiger partial charge in [0.1, 0.15) is 0 Å². The zero-order chi connectivity index (χ0) is 10.1. The van der Waals surface area contributed by atoms with Crippen LogP contribution in [-0.2, 0) is 9.47 Å². The molecule has 0 spiro atoms. The van der Waals surface area contributed by atoms with Gasteiger partial charge >= 0.3 is 0 Å². The highest BCUT2D eigenvalue weighted by molar-refractivity contribution is 7.80. The Bertz CT molecular complexity index is 124. The summed E-state index contributed by atoms with van der Waals surface area (Å²) in [7, 11) is 0. The minimum Gasteiger partial charge on any atom is -0.381 e. The predicted octanol–water partition coefficient (Wildman–Crippen LogP) is 2.53. The summed E-state index contributed by atoms with van der Waals surface area (Å²) in [6.45, 7) is 3.71. The van der Waals surface area contributed by atoms with Gasteiger partial charge in [0, 0.05) is 26.4 Å². The molecule has 0 amide bonds. The highest BCUT2D eigenvalue weighted by Crippen LogP contribution is 2.14. The molecule has 1 saturated heterocycles. The molecule has 3 heteroatoms. The van der Waals surface area contributed by atoms with E-state index in [0.717, 1.165) is 38.1 Å². The van der Waals surface area contributed by atoms with Crippen LogP contribution in [0, 0.1) is 5.92 Å². The van der Waals surface area contributed by atoms with Crippen LogP contribution in [0.2, 0.25) is 0 Å². The Morgan fingerprint density at radius 1 is 1.14 bits per heavy atom. The maximum atomic E-state index is 5.64. The monoisotopic (exact) mass is 218 g/mol. The molecule has 1 aliphatic rings. The van der Waals surface area contributed by atoms with Crippen molar-refractivity contribution >= 4 is 12.6 Å². The molecular weight excluding hydrogens is 196 g/mol. The van der Waals surface area contributed by atoms with Crippen LogP contribution in [0.1, 0.15) is 32.1 Å². The average Bonchev–Trinajstić information content (AvgIpc) is 2.25. The van der Waals surface area contributed by atoms with Crippen molar-refractivity contribution < 1.29 is 9.47 Å². The fraction of sp³-hybridized carbons (Fsp3) is 1.00. The quantitative estimate of drug-likeness (QED) is 0.523. The van der Waals surface area contributed by atoms with Crippen molar-refractivity contribution in [3.05, 3.63) is 0 Å². The summed E-state index contributed by atoms with van der Waals surface area (Å²) in [4.78, 5) is 0. The van der Waals surface area contributed by atoms with Gasteiger partial charge in [0.2, 0.25) is 0 Å². The molecule has 0 aromatic rings. The molecule has 0 N–H and O–H groups in total. The molecule has 0 aromatic heterocycles. The highest BCUT2D eigenvalue weighted by Gasteiger charge is 2.13. The van der Waals surface area contributed by atoms with E-state index in [0.29, 0.717) is 0 Å². The number of rotatable bonds is 7. The van der Waals surface area contributed by atoms with Crippen molar-refractivity contribution in [2.75, 3.05) is 32.2 Å². The number of ether oxygens (including phenoxy) is 2. The van der Waals surface area contributed by atoms with E-state index < -0.39 is 0 Å². The first-order chi connectivity index (χ1) is 6.93. The molecular formula is C11H22O2S. The largest absolute Gasteiger partial charge is 0.381 e. The van der Waals surface area contributed by atoms with Crippen LogP contribution in [0.15, 0.2) is 0 Å². The van der Waals surface area contributed by atoms with Gasteiger partial charge in [-0.05, 0) is 37.4 Å². The van der Waals surface area contributed by atoms with Crippen molar-refractivity contribution in [1.29, 1.82) is 0 Å². The van der Waals surface area contributed by atoms with Crippen molar-refractivity contribution in [3.63, 3.8) is 0 Å². The van der Waals surface area contributed by atoms with Crippen LogP contribution in [-0.4, -0.2) is 32.2 Å². The van der Waals surface area contributed by atoms with E-state index in [1.165, 1.54) is 32.1 Å². The minimum atomic E-state index is 0.744. The van der Waals surface area contributed by atoms with Crippen molar-refractivity contribution in [2.24, 2.45) is 5.92 Å². The van der Waals surface area contributed by atoms with E-state index in [1.807, 2.05) is 0 Å². The highest BCUT2D eigenvalue weighted by atomic mass is 32.1. The molecule has 0 radical (unpaired) electrons. The van der Waals surface area contributed by atoms with E-state index >= 15 is 0 Å². The van der Waals surface area contributed by atoms with Gasteiger partial charge in [-0.1, -0.05) is 6.42 Å². The molecule has 0 unspecified atom stereocenters. The Balaban J connectivity index is 1.82. The van der Waals surface area contributed by atoms with Crippen LogP contribution in [0.4, 0.5) is 0 Å². The average molecular weight is 218 g/mol. The molecule has 1 aliphatic heterocycles. The van der Waals surface area contributed by atoms with E-state index in [2.05, 4.69) is 12.6 Å². The maximum absolute atomic E-state index is 5.64. The molecule has 0 bridgehead atoms. The summed E-state index contributed by atoms with van der Waals surface area (Å²) in [5.74, 6) is 1.74. The smallest absolute Gasteiger partial charge is 0.0495 e. The Morgan fingerprint density at radius 3 is 2.64 bits per heavy atom. The van der Waals surface area contributed by atoms with E-state index in [4.69, 9.17) is 9.47 Å². The second-order valence-corrected chi connectivity index (χ2v) is 4.36. The summed E-state index contributed by atoms with van der Waals surface area (Å²) in [6, 6.07) is 0. The van der Waals surface area contributed by atoms with Gasteiger partial charge in [0.15, 0.2) is 0 Å². The standard InChI is InChI=1S/C11H22O2S/c14-9-3-1-2-6-13-10-11-4-7-12-8-5-11/h11,14H,1-10H2. The van der Waals surface area contributed by atoms with Crippen LogP contribution < -0.4 is 0 Å². The summed E-state index contributed by atoms with van der Waals surface area (Å²) >= 11 is 4.17. The summed E-state index contributed by atoms with van der Waals surface area (Å²) in [5, 5.41) is 0. The zero-order valence-electron chi connectivity index (χ0n) is 8.91. The zero-order valence-corrected chi connectivity index (χ0v) is 9.81. The van der Waals surface area contributed by atoms with Crippen LogP contribution in [0.25, 0.3) is 0 Å². The molecule has 1 heterocycles. The Hall–Kier alpha value is 0.270. The van der Waals surface area contributed by atoms with Gasteiger partial charge in [0.05, 0.1) is 0 Å². The number of thiol groups is 1. The van der Waals surface area contributed by atoms with Crippen LogP contribution >= 0.6 is 12.6 Å². The van der Waals surface area contributed by atoms with Crippen molar-refractivity contribution in [1.82, 2.24) is 0 Å². The lowest BCUT2D eigenvalue weighted by atomic mass is 10.0. The lowest BCUT2D eigenvalue weighted by Crippen LogP contribution is -2.20. The van der Waals surface area contributed by atoms with E-state index in [-0.39, 0.29) is 0 Å². The second-order valence-electron chi connectivity index (χ2n) is 3.91.